The highest BCUT2D eigenvalue weighted by atomic mass is 19.2. The van der Waals surface area contributed by atoms with E-state index in [4.69, 9.17) is 4.74 Å². The Labute approximate surface area is 205 Å². The second-order valence-corrected chi connectivity index (χ2v) is 9.28. The summed E-state index contributed by atoms with van der Waals surface area (Å²) in [4.78, 5) is 11.4. The van der Waals surface area contributed by atoms with Gasteiger partial charge in [0.15, 0.2) is 11.6 Å². The first-order chi connectivity index (χ1) is 17.3. The monoisotopic (exact) mass is 495 g/mol. The van der Waals surface area contributed by atoms with Crippen LogP contribution in [-0.2, 0) is 10.2 Å². The molecule has 1 aromatic heterocycles. The molecule has 0 spiro atoms. The Kier molecular flexibility index (Phi) is 6.00. The number of benzene rings is 3. The molecule has 8 heteroatoms. The topological polar surface area (TPSA) is 71.7 Å². The Balaban J connectivity index is 1.95. The van der Waals surface area contributed by atoms with Crippen molar-refractivity contribution >= 4 is 16.9 Å². The third kappa shape index (κ3) is 3.82. The van der Waals surface area contributed by atoms with Crippen molar-refractivity contribution in [3.63, 3.8) is 0 Å². The summed E-state index contributed by atoms with van der Waals surface area (Å²) in [5, 5.41) is 20.7. The van der Waals surface area contributed by atoms with E-state index in [-0.39, 0.29) is 22.5 Å². The van der Waals surface area contributed by atoms with Crippen LogP contribution in [0.3, 0.4) is 0 Å². The van der Waals surface area contributed by atoms with Gasteiger partial charge in [-0.15, -0.1) is 0 Å². The predicted octanol–water partition coefficient (Wildman–Crippen LogP) is 6.58. The number of aromatic hydroxyl groups is 1. The van der Waals surface area contributed by atoms with E-state index in [0.717, 1.165) is 43.9 Å². The lowest BCUT2D eigenvalue weighted by molar-refractivity contribution is 0.0697. The largest absolute Gasteiger partial charge is 0.507 e. The highest BCUT2D eigenvalue weighted by molar-refractivity contribution is 6.04. The number of carboxylic acid groups (broad SMARTS) is 1. The van der Waals surface area contributed by atoms with Crippen LogP contribution in [0, 0.1) is 17.5 Å². The van der Waals surface area contributed by atoms with Crippen molar-refractivity contribution in [3.8, 4) is 22.6 Å². The quantitative estimate of drug-likeness (QED) is 0.317. The average molecular weight is 495 g/mol. The normalized spacial score (nSPS) is 15.0. The maximum Gasteiger partial charge on any atom is 0.335 e. The molecule has 0 atom stereocenters. The van der Waals surface area contributed by atoms with Crippen LogP contribution in [0.25, 0.3) is 27.7 Å². The van der Waals surface area contributed by atoms with Gasteiger partial charge in [-0.25, -0.2) is 18.0 Å². The van der Waals surface area contributed by atoms with E-state index in [1.54, 1.807) is 23.8 Å². The second-order valence-electron chi connectivity index (χ2n) is 9.28. The van der Waals surface area contributed by atoms with Crippen LogP contribution in [0.1, 0.15) is 41.7 Å². The molecule has 2 N–H and O–H groups in total. The van der Waals surface area contributed by atoms with Gasteiger partial charge in [0.05, 0.1) is 23.1 Å². The summed E-state index contributed by atoms with van der Waals surface area (Å²) >= 11 is 0. The van der Waals surface area contributed by atoms with Crippen molar-refractivity contribution in [1.82, 2.24) is 4.57 Å². The number of hydrogen-bond acceptors (Lipinski definition) is 3. The summed E-state index contributed by atoms with van der Waals surface area (Å²) in [6.07, 6.45) is 3.26. The van der Waals surface area contributed by atoms with Crippen LogP contribution in [0.4, 0.5) is 13.2 Å². The minimum atomic E-state index is -1.08. The summed E-state index contributed by atoms with van der Waals surface area (Å²) in [6, 6.07) is 11.9. The predicted molar refractivity (Wildman–Crippen MR) is 129 cm³/mol. The Hall–Kier alpha value is -3.78. The molecule has 0 amide bonds. The number of hydrogen-bond donors (Lipinski definition) is 2. The van der Waals surface area contributed by atoms with E-state index in [2.05, 4.69) is 0 Å². The van der Waals surface area contributed by atoms with Crippen molar-refractivity contribution in [2.45, 2.75) is 31.1 Å². The van der Waals surface area contributed by atoms with Crippen molar-refractivity contribution in [2.75, 3.05) is 13.7 Å². The molecule has 1 saturated carbocycles. The number of carboxylic acids is 1. The van der Waals surface area contributed by atoms with Crippen LogP contribution in [0.5, 0.6) is 5.75 Å². The number of aromatic carboxylic acids is 1. The first kappa shape index (κ1) is 23.9. The number of fused-ring (bicyclic) bond motifs is 1. The highest BCUT2D eigenvalue weighted by Gasteiger charge is 2.42. The fraction of sp³-hybridized carbons (Fsp3) is 0.250. The van der Waals surface area contributed by atoms with Crippen molar-refractivity contribution < 1.29 is 32.9 Å². The number of phenols is 1. The molecular weight excluding hydrogens is 471 g/mol. The Bertz CT molecular complexity index is 1470. The standard InChI is InChI=1S/C28H24F3NO4/c1-36-15-28(10-2-3-11-28)26-24(16-4-6-17(7-5-16)27(34)35)25-22(12-18(29)13-23(25)33)32(26)19-8-9-20(30)21(31)14-19/h4-9,12-14,33H,2-3,10-11,15H2,1H3,(H,34,35). The van der Waals surface area contributed by atoms with Crippen molar-refractivity contribution in [2.24, 2.45) is 0 Å². The zero-order chi connectivity index (χ0) is 25.6. The summed E-state index contributed by atoms with van der Waals surface area (Å²) in [6.45, 7) is 0.316. The molecule has 0 aliphatic heterocycles. The molecule has 5 nitrogen and oxygen atoms in total. The number of phenolic OH excluding ortho intramolecular Hbond substituents is 1. The number of nitrogens with zero attached hydrogens (tertiary/aromatic N) is 1. The fourth-order valence-corrected chi connectivity index (χ4v) is 5.59. The molecule has 186 valence electrons. The van der Waals surface area contributed by atoms with E-state index >= 15 is 0 Å². The molecule has 4 aromatic rings. The van der Waals surface area contributed by atoms with Gasteiger partial charge in [-0.3, -0.25) is 0 Å². The van der Waals surface area contributed by atoms with Gasteiger partial charge in [0.25, 0.3) is 0 Å². The van der Waals surface area contributed by atoms with Gasteiger partial charge in [0, 0.05) is 41.6 Å². The summed E-state index contributed by atoms with van der Waals surface area (Å²) in [5.41, 5.74) is 1.93. The molecule has 1 heterocycles. The lowest BCUT2D eigenvalue weighted by atomic mass is 9.79. The maximum absolute atomic E-state index is 14.6. The van der Waals surface area contributed by atoms with Crippen LogP contribution < -0.4 is 0 Å². The molecule has 1 aliphatic carbocycles. The molecule has 1 fully saturated rings. The molecular formula is C28H24F3NO4. The molecule has 0 radical (unpaired) electrons. The first-order valence-electron chi connectivity index (χ1n) is 11.6. The van der Waals surface area contributed by atoms with Crippen molar-refractivity contribution in [3.05, 3.63) is 83.3 Å². The SMILES string of the molecule is COCC1(c2c(-c3ccc(C(=O)O)cc3)c3c(O)cc(F)cc3n2-c2ccc(F)c(F)c2)CCCC1. The molecule has 0 unspecified atom stereocenters. The third-order valence-corrected chi connectivity index (χ3v) is 7.08. The minimum absolute atomic E-state index is 0.0902. The number of halogens is 3. The molecule has 1 aliphatic rings. The fourth-order valence-electron chi connectivity index (χ4n) is 5.59. The maximum atomic E-state index is 14.6. The lowest BCUT2D eigenvalue weighted by Gasteiger charge is -2.32. The van der Waals surface area contributed by atoms with Gasteiger partial charge in [0.2, 0.25) is 0 Å². The molecule has 0 bridgehead atoms. The van der Waals surface area contributed by atoms with Crippen LogP contribution in [0.2, 0.25) is 0 Å². The number of methoxy groups -OCH3 is 1. The minimum Gasteiger partial charge on any atom is -0.507 e. The first-order valence-corrected chi connectivity index (χ1v) is 11.6. The Morgan fingerprint density at radius 1 is 1.00 bits per heavy atom. The van der Waals surface area contributed by atoms with Crippen LogP contribution in [0.15, 0.2) is 54.6 Å². The molecule has 0 saturated heterocycles. The van der Waals surface area contributed by atoms with E-state index in [9.17, 15) is 28.2 Å². The van der Waals surface area contributed by atoms with Gasteiger partial charge in [-0.05, 0) is 48.7 Å². The zero-order valence-corrected chi connectivity index (χ0v) is 19.5. The van der Waals surface area contributed by atoms with Crippen molar-refractivity contribution in [1.29, 1.82) is 0 Å². The van der Waals surface area contributed by atoms with Gasteiger partial charge in [0.1, 0.15) is 11.6 Å². The number of ether oxygens (including phenoxy) is 1. The Morgan fingerprint density at radius 3 is 2.31 bits per heavy atom. The number of carbonyl (C=O) groups is 1. The van der Waals surface area contributed by atoms with Gasteiger partial charge in [-0.1, -0.05) is 25.0 Å². The third-order valence-electron chi connectivity index (χ3n) is 7.08. The number of aromatic nitrogens is 1. The summed E-state index contributed by atoms with van der Waals surface area (Å²) < 4.78 is 50.3. The average Bonchev–Trinajstić information content (AvgIpc) is 3.45. The van der Waals surface area contributed by atoms with Gasteiger partial charge in [-0.2, -0.15) is 0 Å². The number of rotatable bonds is 6. The van der Waals surface area contributed by atoms with Crippen LogP contribution >= 0.6 is 0 Å². The lowest BCUT2D eigenvalue weighted by Crippen LogP contribution is -2.31. The van der Waals surface area contributed by atoms with E-state index in [1.165, 1.54) is 24.3 Å². The smallest absolute Gasteiger partial charge is 0.335 e. The highest BCUT2D eigenvalue weighted by Crippen LogP contribution is 2.51. The molecule has 36 heavy (non-hydrogen) atoms. The van der Waals surface area contributed by atoms with E-state index in [1.807, 2.05) is 0 Å². The molecule has 5 rings (SSSR count). The van der Waals surface area contributed by atoms with E-state index < -0.39 is 28.8 Å². The van der Waals surface area contributed by atoms with Gasteiger partial charge >= 0.3 is 5.97 Å². The molecule has 3 aromatic carbocycles. The Morgan fingerprint density at radius 2 is 1.69 bits per heavy atom. The van der Waals surface area contributed by atoms with Crippen LogP contribution in [-0.4, -0.2) is 34.5 Å². The summed E-state index contributed by atoms with van der Waals surface area (Å²) in [7, 11) is 1.59. The summed E-state index contributed by atoms with van der Waals surface area (Å²) in [5.74, 6) is -4.14. The second kappa shape index (κ2) is 9.02. The zero-order valence-electron chi connectivity index (χ0n) is 19.5. The van der Waals surface area contributed by atoms with E-state index in [0.29, 0.717) is 28.8 Å². The van der Waals surface area contributed by atoms with Gasteiger partial charge < -0.3 is 19.5 Å².